The normalized spacial score (nSPS) is 11.3. The number of amides is 2. The summed E-state index contributed by atoms with van der Waals surface area (Å²) in [5.41, 5.74) is 1.59. The van der Waals surface area contributed by atoms with Crippen LogP contribution in [0.4, 0.5) is 23.7 Å². The van der Waals surface area contributed by atoms with Gasteiger partial charge in [-0.1, -0.05) is 6.07 Å². The van der Waals surface area contributed by atoms with Crippen molar-refractivity contribution < 1.29 is 18.0 Å². The van der Waals surface area contributed by atoms with Gasteiger partial charge in [0.05, 0.1) is 23.5 Å². The monoisotopic (exact) mass is 375 g/mol. The number of benzene rings is 1. The van der Waals surface area contributed by atoms with Gasteiger partial charge in [-0.3, -0.25) is 9.67 Å². The van der Waals surface area contributed by atoms with Gasteiger partial charge in [0.2, 0.25) is 0 Å². The van der Waals surface area contributed by atoms with E-state index in [1.54, 1.807) is 24.1 Å². The molecule has 2 aromatic heterocycles. The molecule has 3 rings (SSSR count). The average Bonchev–Trinajstić information content (AvgIpc) is 3.01. The Morgan fingerprint density at radius 3 is 2.59 bits per heavy atom. The highest BCUT2D eigenvalue weighted by molar-refractivity contribution is 5.89. The van der Waals surface area contributed by atoms with E-state index in [9.17, 15) is 18.0 Å². The number of nitrogens with one attached hydrogen (secondary N) is 2. The molecule has 6 nitrogen and oxygen atoms in total. The van der Waals surface area contributed by atoms with Crippen molar-refractivity contribution in [1.82, 2.24) is 20.1 Å². The van der Waals surface area contributed by atoms with Crippen LogP contribution in [0.25, 0.3) is 11.3 Å². The molecule has 0 atom stereocenters. The summed E-state index contributed by atoms with van der Waals surface area (Å²) in [4.78, 5) is 15.9. The van der Waals surface area contributed by atoms with E-state index < -0.39 is 17.8 Å². The number of rotatable bonds is 4. The van der Waals surface area contributed by atoms with Gasteiger partial charge in [-0.15, -0.1) is 0 Å². The van der Waals surface area contributed by atoms with Gasteiger partial charge in [0.25, 0.3) is 0 Å². The van der Waals surface area contributed by atoms with Crippen LogP contribution < -0.4 is 10.6 Å². The molecule has 0 radical (unpaired) electrons. The fourth-order valence-corrected chi connectivity index (χ4v) is 2.45. The minimum atomic E-state index is -4.47. The fraction of sp³-hybridized carbons (Fsp3) is 0.167. The average molecular weight is 375 g/mol. The number of hydrogen-bond acceptors (Lipinski definition) is 3. The van der Waals surface area contributed by atoms with Crippen molar-refractivity contribution in [1.29, 1.82) is 0 Å². The molecule has 2 N–H and O–H groups in total. The number of anilines is 1. The predicted molar refractivity (Wildman–Crippen MR) is 93.7 cm³/mol. The van der Waals surface area contributed by atoms with Crippen molar-refractivity contribution in [2.75, 3.05) is 5.32 Å². The maximum atomic E-state index is 12.7. The molecule has 0 unspecified atom stereocenters. The summed E-state index contributed by atoms with van der Waals surface area (Å²) in [6.07, 6.45) is -1.15. The molecule has 2 heterocycles. The zero-order valence-corrected chi connectivity index (χ0v) is 14.3. The molecule has 0 aliphatic heterocycles. The quantitative estimate of drug-likeness (QED) is 0.728. The number of alkyl halides is 3. The predicted octanol–water partition coefficient (Wildman–Crippen LogP) is 3.82. The molecule has 9 heteroatoms. The Balaban J connectivity index is 1.62. The molecule has 0 aliphatic carbocycles. The molecule has 27 heavy (non-hydrogen) atoms. The number of pyridine rings is 1. The molecule has 3 aromatic rings. The van der Waals surface area contributed by atoms with Gasteiger partial charge in [-0.25, -0.2) is 4.79 Å². The molecular weight excluding hydrogens is 359 g/mol. The Bertz CT molecular complexity index is 938. The third-order valence-electron chi connectivity index (χ3n) is 3.83. The molecule has 0 saturated heterocycles. The molecule has 1 aromatic carbocycles. The van der Waals surface area contributed by atoms with E-state index in [0.717, 1.165) is 29.1 Å². The molecule has 0 fully saturated rings. The summed E-state index contributed by atoms with van der Waals surface area (Å²) in [6.45, 7) is 0.166. The van der Waals surface area contributed by atoms with Crippen molar-refractivity contribution in [2.45, 2.75) is 12.7 Å². The summed E-state index contributed by atoms with van der Waals surface area (Å²) >= 11 is 0. The van der Waals surface area contributed by atoms with Gasteiger partial charge in [-0.2, -0.15) is 18.3 Å². The van der Waals surface area contributed by atoms with Gasteiger partial charge in [0, 0.05) is 30.7 Å². The zero-order valence-electron chi connectivity index (χ0n) is 14.3. The topological polar surface area (TPSA) is 71.8 Å². The highest BCUT2D eigenvalue weighted by Crippen LogP contribution is 2.30. The van der Waals surface area contributed by atoms with E-state index in [1.807, 2.05) is 18.2 Å². The Morgan fingerprint density at radius 1 is 1.15 bits per heavy atom. The first kappa shape index (κ1) is 18.4. The zero-order chi connectivity index (χ0) is 19.4. The molecule has 140 valence electrons. The van der Waals surface area contributed by atoms with E-state index in [1.165, 1.54) is 12.1 Å². The van der Waals surface area contributed by atoms with Gasteiger partial charge < -0.3 is 10.6 Å². The lowest BCUT2D eigenvalue weighted by Crippen LogP contribution is -2.29. The lowest BCUT2D eigenvalue weighted by Gasteiger charge is -2.10. The van der Waals surface area contributed by atoms with Crippen molar-refractivity contribution >= 4 is 11.7 Å². The van der Waals surface area contributed by atoms with Crippen LogP contribution in [0.15, 0.2) is 54.9 Å². The Morgan fingerprint density at radius 2 is 1.89 bits per heavy atom. The van der Waals surface area contributed by atoms with Crippen molar-refractivity contribution in [3.05, 3.63) is 66.1 Å². The van der Waals surface area contributed by atoms with Crippen LogP contribution in [0, 0.1) is 0 Å². The summed E-state index contributed by atoms with van der Waals surface area (Å²) in [7, 11) is 1.74. The number of carbonyl (C=O) groups excluding carboxylic acids is 1. The molecule has 0 bridgehead atoms. The lowest BCUT2D eigenvalue weighted by molar-refractivity contribution is -0.137. The Hall–Kier alpha value is -3.36. The standard InChI is InChI=1S/C18H16F3N5O/c1-26-15(10-16(25-26)12-5-7-22-8-6-12)11-23-17(27)24-14-4-2-3-13(9-14)18(19,20)21/h2-10H,11H2,1H3,(H2,23,24,27). The van der Waals surface area contributed by atoms with Crippen LogP contribution in [-0.2, 0) is 19.8 Å². The molecule has 0 aliphatic rings. The second kappa shape index (κ2) is 7.48. The van der Waals surface area contributed by atoms with Crippen LogP contribution in [0.5, 0.6) is 0 Å². The van der Waals surface area contributed by atoms with Crippen LogP contribution >= 0.6 is 0 Å². The number of urea groups is 1. The minimum Gasteiger partial charge on any atom is -0.332 e. The van der Waals surface area contributed by atoms with Crippen LogP contribution in [0.3, 0.4) is 0 Å². The maximum Gasteiger partial charge on any atom is 0.416 e. The van der Waals surface area contributed by atoms with Crippen LogP contribution in [0.1, 0.15) is 11.3 Å². The maximum absolute atomic E-state index is 12.7. The smallest absolute Gasteiger partial charge is 0.332 e. The highest BCUT2D eigenvalue weighted by atomic mass is 19.4. The molecular formula is C18H16F3N5O. The van der Waals surface area contributed by atoms with Crippen LogP contribution in [0.2, 0.25) is 0 Å². The van der Waals surface area contributed by atoms with Gasteiger partial charge in [0.15, 0.2) is 0 Å². The summed E-state index contributed by atoms with van der Waals surface area (Å²) < 4.78 is 39.8. The first-order valence-corrected chi connectivity index (χ1v) is 7.98. The minimum absolute atomic E-state index is 0.0600. The van der Waals surface area contributed by atoms with E-state index in [4.69, 9.17) is 0 Å². The Labute approximate surface area is 153 Å². The summed E-state index contributed by atoms with van der Waals surface area (Å²) in [5.74, 6) is 0. The number of carbonyl (C=O) groups is 1. The molecule has 2 amide bonds. The van der Waals surface area contributed by atoms with Crippen molar-refractivity contribution in [2.24, 2.45) is 7.05 Å². The molecule has 0 saturated carbocycles. The van der Waals surface area contributed by atoms with Crippen molar-refractivity contribution in [3.63, 3.8) is 0 Å². The highest BCUT2D eigenvalue weighted by Gasteiger charge is 2.30. The first-order chi connectivity index (χ1) is 12.8. The third-order valence-corrected chi connectivity index (χ3v) is 3.83. The van der Waals surface area contributed by atoms with Gasteiger partial charge >= 0.3 is 12.2 Å². The number of nitrogens with zero attached hydrogens (tertiary/aromatic N) is 3. The summed E-state index contributed by atoms with van der Waals surface area (Å²) in [6, 6.07) is 9.30. The SMILES string of the molecule is Cn1nc(-c2ccncc2)cc1CNC(=O)Nc1cccc(C(F)(F)F)c1. The summed E-state index contributed by atoms with van der Waals surface area (Å²) in [5, 5.41) is 9.38. The number of aryl methyl sites for hydroxylation is 1. The largest absolute Gasteiger partial charge is 0.416 e. The third kappa shape index (κ3) is 4.63. The van der Waals surface area contributed by atoms with E-state index in [0.29, 0.717) is 0 Å². The van der Waals surface area contributed by atoms with Gasteiger partial charge in [0.1, 0.15) is 0 Å². The lowest BCUT2D eigenvalue weighted by atomic mass is 10.2. The molecule has 0 spiro atoms. The van der Waals surface area contributed by atoms with Crippen LogP contribution in [-0.4, -0.2) is 20.8 Å². The number of aromatic nitrogens is 3. The Kier molecular flexibility index (Phi) is 5.11. The van der Waals surface area contributed by atoms with E-state index in [2.05, 4.69) is 20.7 Å². The van der Waals surface area contributed by atoms with E-state index >= 15 is 0 Å². The first-order valence-electron chi connectivity index (χ1n) is 7.98. The number of hydrogen-bond donors (Lipinski definition) is 2. The van der Waals surface area contributed by atoms with E-state index in [-0.39, 0.29) is 12.2 Å². The van der Waals surface area contributed by atoms with Gasteiger partial charge in [-0.05, 0) is 36.4 Å². The fourth-order valence-electron chi connectivity index (χ4n) is 2.45. The number of halogens is 3. The van der Waals surface area contributed by atoms with Crippen molar-refractivity contribution in [3.8, 4) is 11.3 Å². The second-order valence-electron chi connectivity index (χ2n) is 5.77. The second-order valence-corrected chi connectivity index (χ2v) is 5.77.